The van der Waals surface area contributed by atoms with Crippen LogP contribution in [-0.2, 0) is 4.79 Å². The summed E-state index contributed by atoms with van der Waals surface area (Å²) in [4.78, 5) is 24.6. The van der Waals surface area contributed by atoms with E-state index in [0.29, 0.717) is 17.9 Å². The molecule has 0 aromatic heterocycles. The predicted octanol–water partition coefficient (Wildman–Crippen LogP) is 2.41. The summed E-state index contributed by atoms with van der Waals surface area (Å²) < 4.78 is 5.32. The van der Waals surface area contributed by atoms with Crippen LogP contribution in [-0.4, -0.2) is 41.1 Å². The molecule has 0 unspecified atom stereocenters. The van der Waals surface area contributed by atoms with Crippen LogP contribution in [0.2, 0.25) is 0 Å². The van der Waals surface area contributed by atoms with E-state index in [-0.39, 0.29) is 24.9 Å². The number of hydrogen-bond donors (Lipinski definition) is 1. The topological polar surface area (TPSA) is 66.8 Å². The number of rotatable bonds is 7. The van der Waals surface area contributed by atoms with Gasteiger partial charge in [-0.15, -0.1) is 0 Å². The van der Waals surface area contributed by atoms with Crippen LogP contribution in [0.3, 0.4) is 0 Å². The Morgan fingerprint density at radius 3 is 2.30 bits per heavy atom. The van der Waals surface area contributed by atoms with Crippen molar-refractivity contribution < 1.29 is 19.4 Å². The summed E-state index contributed by atoms with van der Waals surface area (Å²) in [5.41, 5.74) is 0.535. The number of hydrogen-bond acceptors (Lipinski definition) is 3. The molecule has 20 heavy (non-hydrogen) atoms. The Bertz CT molecular complexity index is 453. The van der Waals surface area contributed by atoms with Gasteiger partial charge >= 0.3 is 5.97 Å². The fraction of sp³-hybridized carbons (Fsp3) is 0.467. The summed E-state index contributed by atoms with van der Waals surface area (Å²) in [6.07, 6.45) is -0.0546. The number of carbonyl (C=O) groups is 2. The van der Waals surface area contributed by atoms with E-state index < -0.39 is 5.97 Å². The zero-order valence-corrected chi connectivity index (χ0v) is 12.1. The lowest BCUT2D eigenvalue weighted by atomic mass is 10.1. The molecular weight excluding hydrogens is 258 g/mol. The van der Waals surface area contributed by atoms with Crippen molar-refractivity contribution in [3.63, 3.8) is 0 Å². The highest BCUT2D eigenvalue weighted by Gasteiger charge is 2.19. The minimum Gasteiger partial charge on any atom is -0.494 e. The minimum absolute atomic E-state index is 0.0478. The molecule has 0 radical (unpaired) electrons. The van der Waals surface area contributed by atoms with Gasteiger partial charge < -0.3 is 14.7 Å². The van der Waals surface area contributed by atoms with Crippen LogP contribution in [0, 0.1) is 0 Å². The molecule has 1 aromatic carbocycles. The number of carbonyl (C=O) groups excluding carboxylic acids is 1. The van der Waals surface area contributed by atoms with E-state index in [4.69, 9.17) is 9.84 Å². The molecule has 1 aromatic rings. The highest BCUT2D eigenvalue weighted by molar-refractivity contribution is 5.94. The second-order valence-electron chi connectivity index (χ2n) is 4.69. The maximum absolute atomic E-state index is 12.4. The number of amides is 1. The van der Waals surface area contributed by atoms with Gasteiger partial charge in [-0.05, 0) is 45.0 Å². The van der Waals surface area contributed by atoms with E-state index in [9.17, 15) is 9.59 Å². The summed E-state index contributed by atoms with van der Waals surface area (Å²) >= 11 is 0. The second-order valence-corrected chi connectivity index (χ2v) is 4.69. The zero-order chi connectivity index (χ0) is 15.1. The molecule has 0 heterocycles. The average Bonchev–Trinajstić information content (AvgIpc) is 2.39. The fourth-order valence-corrected chi connectivity index (χ4v) is 1.84. The van der Waals surface area contributed by atoms with Gasteiger partial charge in [-0.25, -0.2) is 0 Å². The summed E-state index contributed by atoms with van der Waals surface area (Å²) in [7, 11) is 0. The van der Waals surface area contributed by atoms with Crippen LogP contribution in [0.1, 0.15) is 37.6 Å². The molecular formula is C15H21NO4. The van der Waals surface area contributed by atoms with Gasteiger partial charge in [0.1, 0.15) is 5.75 Å². The molecule has 1 N–H and O–H groups in total. The van der Waals surface area contributed by atoms with Gasteiger partial charge in [-0.3, -0.25) is 9.59 Å². The molecule has 5 nitrogen and oxygen atoms in total. The maximum Gasteiger partial charge on any atom is 0.305 e. The first-order chi connectivity index (χ1) is 9.45. The predicted molar refractivity (Wildman–Crippen MR) is 76.0 cm³/mol. The molecule has 0 fully saturated rings. The average molecular weight is 279 g/mol. The van der Waals surface area contributed by atoms with Crippen molar-refractivity contribution in [1.82, 2.24) is 4.90 Å². The Hall–Kier alpha value is -2.04. The molecule has 0 aliphatic carbocycles. The van der Waals surface area contributed by atoms with Crippen molar-refractivity contribution >= 4 is 11.9 Å². The number of carboxylic acids is 1. The molecule has 0 spiro atoms. The summed E-state index contributed by atoms with van der Waals surface area (Å²) in [6, 6.07) is 6.83. The molecule has 0 bridgehead atoms. The Labute approximate surface area is 119 Å². The van der Waals surface area contributed by atoms with Crippen LogP contribution in [0.15, 0.2) is 24.3 Å². The lowest BCUT2D eigenvalue weighted by molar-refractivity contribution is -0.137. The normalized spacial score (nSPS) is 10.4. The molecule has 0 aliphatic heterocycles. The van der Waals surface area contributed by atoms with E-state index in [2.05, 4.69) is 0 Å². The first-order valence-electron chi connectivity index (χ1n) is 6.71. The Morgan fingerprint density at radius 1 is 1.25 bits per heavy atom. The van der Waals surface area contributed by atoms with Crippen molar-refractivity contribution in [3.05, 3.63) is 29.8 Å². The van der Waals surface area contributed by atoms with Gasteiger partial charge in [-0.1, -0.05) is 0 Å². The summed E-state index contributed by atoms with van der Waals surface area (Å²) in [5.74, 6) is -0.356. The van der Waals surface area contributed by atoms with Crippen molar-refractivity contribution in [3.8, 4) is 5.75 Å². The lowest BCUT2D eigenvalue weighted by Crippen LogP contribution is -2.38. The molecule has 110 valence electrons. The van der Waals surface area contributed by atoms with Crippen LogP contribution < -0.4 is 4.74 Å². The van der Waals surface area contributed by atoms with Crippen LogP contribution in [0.4, 0.5) is 0 Å². The molecule has 0 atom stereocenters. The lowest BCUT2D eigenvalue weighted by Gasteiger charge is -2.26. The molecule has 0 saturated heterocycles. The van der Waals surface area contributed by atoms with Crippen LogP contribution in [0.5, 0.6) is 5.75 Å². The van der Waals surface area contributed by atoms with Gasteiger partial charge in [0, 0.05) is 18.2 Å². The molecule has 5 heteroatoms. The fourth-order valence-electron chi connectivity index (χ4n) is 1.84. The van der Waals surface area contributed by atoms with E-state index >= 15 is 0 Å². The first kappa shape index (κ1) is 16.0. The largest absolute Gasteiger partial charge is 0.494 e. The van der Waals surface area contributed by atoms with Gasteiger partial charge in [0.05, 0.1) is 13.0 Å². The number of carboxylic acid groups (broad SMARTS) is 1. The first-order valence-corrected chi connectivity index (χ1v) is 6.71. The second kappa shape index (κ2) is 7.53. The molecule has 0 aliphatic rings. The van der Waals surface area contributed by atoms with Gasteiger partial charge in [0.2, 0.25) is 0 Å². The quantitative estimate of drug-likeness (QED) is 0.832. The summed E-state index contributed by atoms with van der Waals surface area (Å²) in [6.45, 7) is 6.41. The van der Waals surface area contributed by atoms with Gasteiger partial charge in [0.15, 0.2) is 0 Å². The third-order valence-corrected chi connectivity index (χ3v) is 2.86. The van der Waals surface area contributed by atoms with Crippen molar-refractivity contribution in [1.29, 1.82) is 0 Å². The monoisotopic (exact) mass is 279 g/mol. The third kappa shape index (κ3) is 4.57. The molecule has 0 saturated carbocycles. The van der Waals surface area contributed by atoms with Crippen molar-refractivity contribution in [2.45, 2.75) is 33.2 Å². The Balaban J connectivity index is 2.80. The smallest absolute Gasteiger partial charge is 0.305 e. The standard InChI is InChI=1S/C15H21NO4/c1-4-20-13-7-5-12(6-8-13)15(19)16(11(2)3)10-9-14(17)18/h5-8,11H,4,9-10H2,1-3H3,(H,17,18). The maximum atomic E-state index is 12.4. The van der Waals surface area contributed by atoms with E-state index in [0.717, 1.165) is 0 Å². The van der Waals surface area contributed by atoms with E-state index in [1.54, 1.807) is 29.2 Å². The Kier molecular flexibility index (Phi) is 6.03. The summed E-state index contributed by atoms with van der Waals surface area (Å²) in [5, 5.41) is 8.74. The van der Waals surface area contributed by atoms with Gasteiger partial charge in [0.25, 0.3) is 5.91 Å². The number of nitrogens with zero attached hydrogens (tertiary/aromatic N) is 1. The number of aliphatic carboxylic acids is 1. The third-order valence-electron chi connectivity index (χ3n) is 2.86. The van der Waals surface area contributed by atoms with E-state index in [1.807, 2.05) is 20.8 Å². The highest BCUT2D eigenvalue weighted by atomic mass is 16.5. The molecule has 1 amide bonds. The van der Waals surface area contributed by atoms with Gasteiger partial charge in [-0.2, -0.15) is 0 Å². The minimum atomic E-state index is -0.907. The highest BCUT2D eigenvalue weighted by Crippen LogP contribution is 2.15. The van der Waals surface area contributed by atoms with E-state index in [1.165, 1.54) is 0 Å². The molecule has 1 rings (SSSR count). The van der Waals surface area contributed by atoms with Crippen molar-refractivity contribution in [2.24, 2.45) is 0 Å². The SMILES string of the molecule is CCOc1ccc(C(=O)N(CCC(=O)O)C(C)C)cc1. The zero-order valence-electron chi connectivity index (χ0n) is 12.1. The Morgan fingerprint density at radius 2 is 1.85 bits per heavy atom. The number of ether oxygens (including phenoxy) is 1. The van der Waals surface area contributed by atoms with Crippen LogP contribution >= 0.6 is 0 Å². The van der Waals surface area contributed by atoms with Crippen molar-refractivity contribution in [2.75, 3.05) is 13.2 Å². The van der Waals surface area contributed by atoms with Crippen LogP contribution in [0.25, 0.3) is 0 Å². The number of benzene rings is 1.